The Morgan fingerprint density at radius 2 is 2.08 bits per heavy atom. The van der Waals surface area contributed by atoms with Crippen LogP contribution in [0, 0.1) is 6.92 Å². The molecule has 3 heteroatoms. The molecule has 3 nitrogen and oxygen atoms in total. The maximum Gasteiger partial charge on any atom is 0.244 e. The lowest BCUT2D eigenvalue weighted by Crippen LogP contribution is -2.29. The Balaban J connectivity index is 1.72. The summed E-state index contributed by atoms with van der Waals surface area (Å²) in [4.78, 5) is 12.3. The van der Waals surface area contributed by atoms with Crippen LogP contribution in [0.15, 0.2) is 48.5 Å². The average molecular weight is 321 g/mol. The standard InChI is InChI=1S/C21H23NO2/c1-15-10-12-20(24-2)17(14-15)11-13-21(23)22-19-9-5-7-16-6-3-4-8-18(16)19/h3-4,6,8,10-14,19H,5,7,9H2,1-2H3,(H,22,23)/b13-11+/t19-/m1/s1. The monoisotopic (exact) mass is 321 g/mol. The van der Waals surface area contributed by atoms with Gasteiger partial charge in [-0.2, -0.15) is 0 Å². The van der Waals surface area contributed by atoms with E-state index in [2.05, 4.69) is 23.5 Å². The van der Waals surface area contributed by atoms with Crippen LogP contribution in [-0.2, 0) is 11.2 Å². The average Bonchev–Trinajstić information content (AvgIpc) is 2.60. The summed E-state index contributed by atoms with van der Waals surface area (Å²) in [6.45, 7) is 2.02. The Morgan fingerprint density at radius 3 is 2.92 bits per heavy atom. The van der Waals surface area contributed by atoms with Crippen LogP contribution >= 0.6 is 0 Å². The lowest BCUT2D eigenvalue weighted by atomic mass is 9.88. The van der Waals surface area contributed by atoms with Crippen molar-refractivity contribution in [2.75, 3.05) is 7.11 Å². The molecule has 1 atom stereocenters. The Labute approximate surface area is 143 Å². The lowest BCUT2D eigenvalue weighted by molar-refractivity contribution is -0.117. The summed E-state index contributed by atoms with van der Waals surface area (Å²) in [7, 11) is 1.64. The molecule has 0 spiro atoms. The quantitative estimate of drug-likeness (QED) is 0.857. The number of nitrogens with one attached hydrogen (secondary N) is 1. The Bertz CT molecular complexity index is 764. The van der Waals surface area contributed by atoms with E-state index in [1.165, 1.54) is 11.1 Å². The van der Waals surface area contributed by atoms with Gasteiger partial charge in [0.1, 0.15) is 5.75 Å². The van der Waals surface area contributed by atoms with Crippen molar-refractivity contribution in [3.8, 4) is 5.75 Å². The normalized spacial score (nSPS) is 16.7. The van der Waals surface area contributed by atoms with Gasteiger partial charge in [-0.15, -0.1) is 0 Å². The summed E-state index contributed by atoms with van der Waals surface area (Å²) in [5.74, 6) is 0.702. The van der Waals surface area contributed by atoms with Gasteiger partial charge in [-0.1, -0.05) is 35.9 Å². The molecule has 1 aliphatic rings. The molecule has 0 unspecified atom stereocenters. The lowest BCUT2D eigenvalue weighted by Gasteiger charge is -2.25. The molecule has 1 amide bonds. The van der Waals surface area contributed by atoms with Gasteiger partial charge in [0.15, 0.2) is 0 Å². The second kappa shape index (κ2) is 7.35. The van der Waals surface area contributed by atoms with Crippen molar-refractivity contribution < 1.29 is 9.53 Å². The third-order valence-corrected chi connectivity index (χ3v) is 4.49. The van der Waals surface area contributed by atoms with E-state index in [4.69, 9.17) is 4.74 Å². The van der Waals surface area contributed by atoms with Crippen molar-refractivity contribution in [2.24, 2.45) is 0 Å². The van der Waals surface area contributed by atoms with Crippen molar-refractivity contribution in [3.05, 3.63) is 70.8 Å². The van der Waals surface area contributed by atoms with Crippen LogP contribution in [0.2, 0.25) is 0 Å². The van der Waals surface area contributed by atoms with Crippen LogP contribution in [0.25, 0.3) is 6.08 Å². The molecule has 124 valence electrons. The highest BCUT2D eigenvalue weighted by Crippen LogP contribution is 2.29. The van der Waals surface area contributed by atoms with Crippen LogP contribution in [0.3, 0.4) is 0 Å². The van der Waals surface area contributed by atoms with Crippen LogP contribution in [0.5, 0.6) is 5.75 Å². The maximum atomic E-state index is 12.3. The number of carbonyl (C=O) groups excluding carboxylic acids is 1. The topological polar surface area (TPSA) is 38.3 Å². The number of ether oxygens (including phenoxy) is 1. The highest BCUT2D eigenvalue weighted by molar-refractivity contribution is 5.92. The first-order valence-electron chi connectivity index (χ1n) is 8.38. The second-order valence-corrected chi connectivity index (χ2v) is 6.23. The van der Waals surface area contributed by atoms with E-state index in [-0.39, 0.29) is 11.9 Å². The maximum absolute atomic E-state index is 12.3. The fourth-order valence-electron chi connectivity index (χ4n) is 3.27. The second-order valence-electron chi connectivity index (χ2n) is 6.23. The molecule has 0 saturated heterocycles. The minimum Gasteiger partial charge on any atom is -0.496 e. The molecular weight excluding hydrogens is 298 g/mol. The fourth-order valence-corrected chi connectivity index (χ4v) is 3.27. The van der Waals surface area contributed by atoms with E-state index in [0.29, 0.717) is 0 Å². The summed E-state index contributed by atoms with van der Waals surface area (Å²) in [5.41, 5.74) is 4.64. The summed E-state index contributed by atoms with van der Waals surface area (Å²) in [5, 5.41) is 3.13. The molecular formula is C21H23NO2. The van der Waals surface area contributed by atoms with E-state index in [1.807, 2.05) is 37.3 Å². The summed E-state index contributed by atoms with van der Waals surface area (Å²) >= 11 is 0. The molecule has 0 radical (unpaired) electrons. The van der Waals surface area contributed by atoms with Gasteiger partial charge >= 0.3 is 0 Å². The first kappa shape index (κ1) is 16.3. The molecule has 0 aliphatic heterocycles. The fraction of sp³-hybridized carbons (Fsp3) is 0.286. The minimum atomic E-state index is -0.0692. The molecule has 0 fully saturated rings. The number of benzene rings is 2. The van der Waals surface area contributed by atoms with Crippen LogP contribution in [0.1, 0.15) is 41.1 Å². The predicted molar refractivity (Wildman–Crippen MR) is 97.0 cm³/mol. The molecule has 3 rings (SSSR count). The first-order valence-corrected chi connectivity index (χ1v) is 8.38. The van der Waals surface area contributed by atoms with E-state index < -0.39 is 0 Å². The molecule has 0 bridgehead atoms. The van der Waals surface area contributed by atoms with Gasteiger partial charge < -0.3 is 10.1 Å². The van der Waals surface area contributed by atoms with Gasteiger partial charge in [0, 0.05) is 11.6 Å². The number of aryl methyl sites for hydroxylation is 2. The third kappa shape index (κ3) is 3.67. The van der Waals surface area contributed by atoms with Crippen molar-refractivity contribution in [1.82, 2.24) is 5.32 Å². The van der Waals surface area contributed by atoms with Gasteiger partial charge in [0.05, 0.1) is 13.2 Å². The Hall–Kier alpha value is -2.55. The van der Waals surface area contributed by atoms with Crippen LogP contribution < -0.4 is 10.1 Å². The van der Waals surface area contributed by atoms with Crippen molar-refractivity contribution >= 4 is 12.0 Å². The highest BCUT2D eigenvalue weighted by Gasteiger charge is 2.20. The number of methoxy groups -OCH3 is 1. The molecule has 0 aromatic heterocycles. The third-order valence-electron chi connectivity index (χ3n) is 4.49. The number of amides is 1. The SMILES string of the molecule is COc1ccc(C)cc1/C=C/C(=O)N[C@@H]1CCCc2ccccc21. The summed E-state index contributed by atoms with van der Waals surface area (Å²) < 4.78 is 5.35. The van der Waals surface area contributed by atoms with E-state index >= 15 is 0 Å². The van der Waals surface area contributed by atoms with E-state index in [0.717, 1.165) is 36.1 Å². The predicted octanol–water partition coefficient (Wildman–Crippen LogP) is 4.21. The number of fused-ring (bicyclic) bond motifs is 1. The zero-order valence-electron chi connectivity index (χ0n) is 14.2. The molecule has 1 aliphatic carbocycles. The molecule has 1 N–H and O–H groups in total. The zero-order valence-corrected chi connectivity index (χ0v) is 14.2. The van der Waals surface area contributed by atoms with Gasteiger partial charge in [0.2, 0.25) is 5.91 Å². The number of rotatable bonds is 4. The number of carbonyl (C=O) groups is 1. The van der Waals surface area contributed by atoms with Crippen LogP contribution in [0.4, 0.5) is 0 Å². The first-order chi connectivity index (χ1) is 11.7. The summed E-state index contributed by atoms with van der Waals surface area (Å²) in [6.07, 6.45) is 6.60. The van der Waals surface area contributed by atoms with Crippen molar-refractivity contribution in [3.63, 3.8) is 0 Å². The van der Waals surface area contributed by atoms with Crippen LogP contribution in [-0.4, -0.2) is 13.0 Å². The van der Waals surface area contributed by atoms with Gasteiger partial charge in [-0.3, -0.25) is 4.79 Å². The minimum absolute atomic E-state index is 0.0692. The number of hydrogen-bond donors (Lipinski definition) is 1. The van der Waals surface area contributed by atoms with Gasteiger partial charge in [-0.25, -0.2) is 0 Å². The largest absolute Gasteiger partial charge is 0.496 e. The van der Waals surface area contributed by atoms with Gasteiger partial charge in [0.25, 0.3) is 0 Å². The van der Waals surface area contributed by atoms with E-state index in [1.54, 1.807) is 13.2 Å². The van der Waals surface area contributed by atoms with Gasteiger partial charge in [-0.05, 0) is 55.5 Å². The molecule has 2 aromatic carbocycles. The highest BCUT2D eigenvalue weighted by atomic mass is 16.5. The summed E-state index contributed by atoms with van der Waals surface area (Å²) in [6, 6.07) is 14.4. The van der Waals surface area contributed by atoms with Crippen molar-refractivity contribution in [1.29, 1.82) is 0 Å². The number of hydrogen-bond acceptors (Lipinski definition) is 2. The molecule has 2 aromatic rings. The smallest absolute Gasteiger partial charge is 0.244 e. The van der Waals surface area contributed by atoms with E-state index in [9.17, 15) is 4.79 Å². The Kier molecular flexibility index (Phi) is 4.99. The zero-order chi connectivity index (χ0) is 16.9. The van der Waals surface area contributed by atoms with Crippen molar-refractivity contribution in [2.45, 2.75) is 32.2 Å². The molecule has 0 saturated carbocycles. The molecule has 24 heavy (non-hydrogen) atoms. The Morgan fingerprint density at radius 1 is 1.25 bits per heavy atom. The molecule has 0 heterocycles.